The lowest BCUT2D eigenvalue weighted by Gasteiger charge is -2.41. The summed E-state index contributed by atoms with van der Waals surface area (Å²) in [6.07, 6.45) is 1.95. The van der Waals surface area contributed by atoms with Gasteiger partial charge in [0.1, 0.15) is 0 Å². The largest absolute Gasteiger partial charge is 0.340 e. The molecule has 0 aliphatic carbocycles. The maximum Gasteiger partial charge on any atom is 0.225 e. The average molecular weight is 468 g/mol. The van der Waals surface area contributed by atoms with Crippen molar-refractivity contribution in [2.24, 2.45) is 5.92 Å². The Hall–Kier alpha value is -2.95. The number of carbonyl (C=O) groups is 1. The van der Waals surface area contributed by atoms with Crippen LogP contribution < -0.4 is 0 Å². The van der Waals surface area contributed by atoms with Gasteiger partial charge in [0, 0.05) is 38.6 Å². The van der Waals surface area contributed by atoms with E-state index in [9.17, 15) is 4.79 Å². The van der Waals surface area contributed by atoms with E-state index in [1.165, 1.54) is 22.3 Å². The third-order valence-electron chi connectivity index (χ3n) is 7.81. The molecule has 0 unspecified atom stereocenters. The number of carbonyl (C=O) groups excluding carboxylic acids is 1. The summed E-state index contributed by atoms with van der Waals surface area (Å²) < 4.78 is 0. The second-order valence-corrected chi connectivity index (χ2v) is 10.1. The number of rotatable bonds is 6. The molecule has 2 fully saturated rings. The van der Waals surface area contributed by atoms with Crippen LogP contribution in [-0.4, -0.2) is 59.9 Å². The van der Waals surface area contributed by atoms with Gasteiger partial charge >= 0.3 is 0 Å². The molecule has 0 atom stereocenters. The fourth-order valence-corrected chi connectivity index (χ4v) is 5.71. The Morgan fingerprint density at radius 2 is 1.29 bits per heavy atom. The molecule has 0 bridgehead atoms. The standard InChI is InChI=1S/C31H37N3O/c1-25-10-8-9-15-29(25)24-32-18-16-28(17-19-32)31(35)34-22-20-33(21-23-34)30(26-11-4-2-5-12-26)27-13-6-3-7-14-27/h2-15,28,30H,16-24H2,1H3. The van der Waals surface area contributed by atoms with Crippen molar-refractivity contribution in [2.45, 2.75) is 32.4 Å². The molecule has 0 N–H and O–H groups in total. The van der Waals surface area contributed by atoms with Crippen molar-refractivity contribution in [1.29, 1.82) is 0 Å². The minimum atomic E-state index is 0.175. The van der Waals surface area contributed by atoms with Crippen LogP contribution in [0, 0.1) is 12.8 Å². The van der Waals surface area contributed by atoms with E-state index in [1.54, 1.807) is 0 Å². The quantitative estimate of drug-likeness (QED) is 0.502. The smallest absolute Gasteiger partial charge is 0.225 e. The first-order valence-electron chi connectivity index (χ1n) is 13.1. The third-order valence-corrected chi connectivity index (χ3v) is 7.81. The maximum atomic E-state index is 13.4. The highest BCUT2D eigenvalue weighted by Crippen LogP contribution is 2.30. The van der Waals surface area contributed by atoms with Crippen LogP contribution >= 0.6 is 0 Å². The Balaban J connectivity index is 1.16. The van der Waals surface area contributed by atoms with Crippen LogP contribution in [0.15, 0.2) is 84.9 Å². The Labute approximate surface area is 210 Å². The molecule has 1 amide bonds. The molecular formula is C31H37N3O. The molecule has 0 saturated carbocycles. The van der Waals surface area contributed by atoms with E-state index in [0.717, 1.165) is 58.7 Å². The number of hydrogen-bond acceptors (Lipinski definition) is 3. The minimum absolute atomic E-state index is 0.175. The lowest BCUT2D eigenvalue weighted by molar-refractivity contribution is -0.139. The van der Waals surface area contributed by atoms with E-state index in [4.69, 9.17) is 0 Å². The predicted molar refractivity (Wildman–Crippen MR) is 142 cm³/mol. The van der Waals surface area contributed by atoms with Gasteiger partial charge in [0.2, 0.25) is 5.91 Å². The molecule has 35 heavy (non-hydrogen) atoms. The molecule has 182 valence electrons. The summed E-state index contributed by atoms with van der Waals surface area (Å²) in [7, 11) is 0. The Kier molecular flexibility index (Phi) is 7.60. The normalized spacial score (nSPS) is 18.2. The fourth-order valence-electron chi connectivity index (χ4n) is 5.71. The monoisotopic (exact) mass is 467 g/mol. The third kappa shape index (κ3) is 5.66. The summed E-state index contributed by atoms with van der Waals surface area (Å²) in [5.74, 6) is 0.546. The van der Waals surface area contributed by atoms with Crippen LogP contribution in [-0.2, 0) is 11.3 Å². The molecule has 3 aromatic carbocycles. The average Bonchev–Trinajstić information content (AvgIpc) is 2.92. The topological polar surface area (TPSA) is 26.8 Å². The fraction of sp³-hybridized carbons (Fsp3) is 0.387. The second kappa shape index (κ2) is 11.2. The Morgan fingerprint density at radius 1 is 0.743 bits per heavy atom. The zero-order valence-electron chi connectivity index (χ0n) is 20.9. The van der Waals surface area contributed by atoms with Crippen molar-refractivity contribution in [3.63, 3.8) is 0 Å². The first kappa shape index (κ1) is 23.8. The van der Waals surface area contributed by atoms with E-state index >= 15 is 0 Å². The van der Waals surface area contributed by atoms with E-state index in [1.807, 2.05) is 0 Å². The Morgan fingerprint density at radius 3 is 1.86 bits per heavy atom. The molecule has 2 aliphatic heterocycles. The van der Waals surface area contributed by atoms with Crippen molar-refractivity contribution in [1.82, 2.24) is 14.7 Å². The van der Waals surface area contributed by atoms with Crippen LogP contribution in [0.5, 0.6) is 0 Å². The maximum absolute atomic E-state index is 13.4. The zero-order valence-corrected chi connectivity index (χ0v) is 20.9. The molecule has 4 heteroatoms. The summed E-state index contributed by atoms with van der Waals surface area (Å²) in [5, 5.41) is 0. The molecule has 0 radical (unpaired) electrons. The molecule has 0 spiro atoms. The van der Waals surface area contributed by atoms with E-state index < -0.39 is 0 Å². The van der Waals surface area contributed by atoms with Crippen molar-refractivity contribution in [2.75, 3.05) is 39.3 Å². The van der Waals surface area contributed by atoms with Crippen LogP contribution in [0.4, 0.5) is 0 Å². The van der Waals surface area contributed by atoms with E-state index in [2.05, 4.69) is 107 Å². The van der Waals surface area contributed by atoms with Crippen LogP contribution in [0.1, 0.15) is 41.1 Å². The molecule has 5 rings (SSSR count). The lowest BCUT2D eigenvalue weighted by Crippen LogP contribution is -2.52. The van der Waals surface area contributed by atoms with Gasteiger partial charge in [-0.25, -0.2) is 0 Å². The summed E-state index contributed by atoms with van der Waals surface area (Å²) in [5.41, 5.74) is 5.40. The number of piperazine rings is 1. The van der Waals surface area contributed by atoms with Gasteiger partial charge in [-0.15, -0.1) is 0 Å². The van der Waals surface area contributed by atoms with Gasteiger partial charge in [-0.3, -0.25) is 14.6 Å². The summed E-state index contributed by atoms with van der Waals surface area (Å²) in [6.45, 7) is 8.65. The van der Waals surface area contributed by atoms with Crippen molar-refractivity contribution < 1.29 is 4.79 Å². The molecule has 2 aliphatic rings. The van der Waals surface area contributed by atoms with Crippen molar-refractivity contribution >= 4 is 5.91 Å². The molecule has 4 nitrogen and oxygen atoms in total. The first-order valence-corrected chi connectivity index (χ1v) is 13.1. The molecule has 2 saturated heterocycles. The number of aryl methyl sites for hydroxylation is 1. The number of piperidine rings is 1. The van der Waals surface area contributed by atoms with E-state index in [0.29, 0.717) is 5.91 Å². The van der Waals surface area contributed by atoms with Gasteiger partial charge in [-0.1, -0.05) is 84.9 Å². The first-order chi connectivity index (χ1) is 17.2. The summed E-state index contributed by atoms with van der Waals surface area (Å²) >= 11 is 0. The van der Waals surface area contributed by atoms with Gasteiger partial charge in [-0.05, 0) is 55.1 Å². The summed E-state index contributed by atoms with van der Waals surface area (Å²) in [6, 6.07) is 30.4. The van der Waals surface area contributed by atoms with E-state index in [-0.39, 0.29) is 12.0 Å². The van der Waals surface area contributed by atoms with Gasteiger partial charge in [0.25, 0.3) is 0 Å². The van der Waals surface area contributed by atoms with Crippen LogP contribution in [0.2, 0.25) is 0 Å². The lowest BCUT2D eigenvalue weighted by atomic mass is 9.93. The predicted octanol–water partition coefficient (Wildman–Crippen LogP) is 5.14. The van der Waals surface area contributed by atoms with Crippen molar-refractivity contribution in [3.8, 4) is 0 Å². The number of hydrogen-bond donors (Lipinski definition) is 0. The van der Waals surface area contributed by atoms with Gasteiger partial charge in [0.15, 0.2) is 0 Å². The van der Waals surface area contributed by atoms with Crippen LogP contribution in [0.3, 0.4) is 0 Å². The number of nitrogens with zero attached hydrogens (tertiary/aromatic N) is 3. The highest BCUT2D eigenvalue weighted by atomic mass is 16.2. The van der Waals surface area contributed by atoms with Crippen molar-refractivity contribution in [3.05, 3.63) is 107 Å². The van der Waals surface area contributed by atoms with Gasteiger partial charge in [0.05, 0.1) is 6.04 Å². The Bertz CT molecular complexity index is 1040. The minimum Gasteiger partial charge on any atom is -0.340 e. The summed E-state index contributed by atoms with van der Waals surface area (Å²) in [4.78, 5) is 20.6. The SMILES string of the molecule is Cc1ccccc1CN1CCC(C(=O)N2CCN(C(c3ccccc3)c3ccccc3)CC2)CC1. The zero-order chi connectivity index (χ0) is 24.0. The number of amides is 1. The number of benzene rings is 3. The molecule has 2 heterocycles. The number of likely N-dealkylation sites (tertiary alicyclic amines) is 1. The van der Waals surface area contributed by atoms with Crippen LogP contribution in [0.25, 0.3) is 0 Å². The molecule has 0 aromatic heterocycles. The molecular weight excluding hydrogens is 430 g/mol. The van der Waals surface area contributed by atoms with Gasteiger partial charge in [-0.2, -0.15) is 0 Å². The highest BCUT2D eigenvalue weighted by molar-refractivity contribution is 5.79. The molecule has 3 aromatic rings. The highest BCUT2D eigenvalue weighted by Gasteiger charge is 2.32. The second-order valence-electron chi connectivity index (χ2n) is 10.1. The van der Waals surface area contributed by atoms with Gasteiger partial charge < -0.3 is 4.90 Å².